The predicted octanol–water partition coefficient (Wildman–Crippen LogP) is 6.34. The maximum atomic E-state index is 13.4. The molecule has 1 heterocycles. The Hall–Kier alpha value is -3.02. The largest absolute Gasteiger partial charge is 0.493 e. The van der Waals surface area contributed by atoms with Gasteiger partial charge < -0.3 is 14.5 Å². The number of halogens is 2. The molecule has 1 fully saturated rings. The second-order valence-corrected chi connectivity index (χ2v) is 10.4. The van der Waals surface area contributed by atoms with Gasteiger partial charge in [-0.05, 0) is 60.9 Å². The molecule has 0 bridgehead atoms. The maximum absolute atomic E-state index is 13.4. The first-order chi connectivity index (χ1) is 17.3. The number of hydrogen-bond donors (Lipinski definition) is 0. The van der Waals surface area contributed by atoms with Gasteiger partial charge in [-0.15, -0.1) is 0 Å². The number of likely N-dealkylation sites (tertiary alicyclic amines) is 1. The average molecular weight is 525 g/mol. The summed E-state index contributed by atoms with van der Waals surface area (Å²) >= 11 is 12.2. The monoisotopic (exact) mass is 524 g/mol. The van der Waals surface area contributed by atoms with Gasteiger partial charge in [-0.1, -0.05) is 59.6 Å². The van der Waals surface area contributed by atoms with Crippen LogP contribution in [0.5, 0.6) is 5.75 Å². The van der Waals surface area contributed by atoms with Crippen molar-refractivity contribution in [3.8, 4) is 5.75 Å². The van der Waals surface area contributed by atoms with Crippen LogP contribution < -0.4 is 4.74 Å². The number of carbonyl (C=O) groups is 2. The smallest absolute Gasteiger partial charge is 0.253 e. The van der Waals surface area contributed by atoms with E-state index in [-0.39, 0.29) is 18.2 Å². The minimum atomic E-state index is -0.520. The highest BCUT2D eigenvalue weighted by molar-refractivity contribution is 6.31. The molecule has 0 saturated carbocycles. The molecule has 1 aliphatic heterocycles. The van der Waals surface area contributed by atoms with Gasteiger partial charge in [0.1, 0.15) is 5.75 Å². The molecule has 1 atom stereocenters. The van der Waals surface area contributed by atoms with E-state index < -0.39 is 5.41 Å². The fourth-order valence-electron chi connectivity index (χ4n) is 4.67. The minimum Gasteiger partial charge on any atom is -0.493 e. The van der Waals surface area contributed by atoms with Gasteiger partial charge in [0.25, 0.3) is 5.91 Å². The zero-order valence-corrected chi connectivity index (χ0v) is 21.8. The topological polar surface area (TPSA) is 49.9 Å². The van der Waals surface area contributed by atoms with E-state index >= 15 is 0 Å². The van der Waals surface area contributed by atoms with Crippen molar-refractivity contribution >= 4 is 35.0 Å². The van der Waals surface area contributed by atoms with Gasteiger partial charge in [0, 0.05) is 54.1 Å². The van der Waals surface area contributed by atoms with Gasteiger partial charge in [-0.2, -0.15) is 0 Å². The summed E-state index contributed by atoms with van der Waals surface area (Å²) in [4.78, 5) is 30.3. The van der Waals surface area contributed by atoms with Crippen molar-refractivity contribution in [3.05, 3.63) is 100 Å². The predicted molar refractivity (Wildman–Crippen MR) is 144 cm³/mol. The van der Waals surface area contributed by atoms with Crippen LogP contribution in [0.15, 0.2) is 78.9 Å². The fourth-order valence-corrected chi connectivity index (χ4v) is 4.98. The van der Waals surface area contributed by atoms with Gasteiger partial charge >= 0.3 is 0 Å². The van der Waals surface area contributed by atoms with Crippen molar-refractivity contribution in [2.24, 2.45) is 5.41 Å². The maximum Gasteiger partial charge on any atom is 0.253 e. The van der Waals surface area contributed by atoms with E-state index in [0.29, 0.717) is 47.6 Å². The molecule has 3 aromatic rings. The average Bonchev–Trinajstić information content (AvgIpc) is 2.88. The zero-order chi connectivity index (χ0) is 25.5. The number of carbonyl (C=O) groups excluding carboxylic acids is 2. The van der Waals surface area contributed by atoms with Crippen LogP contribution in [0.3, 0.4) is 0 Å². The van der Waals surface area contributed by atoms with Crippen LogP contribution >= 0.6 is 23.2 Å². The normalized spacial score (nSPS) is 17.5. The first-order valence-corrected chi connectivity index (χ1v) is 12.8. The SMILES string of the molecule is CN(Cc1ccccc1)C(=O)C[C@@]1(COc2ccc(Cl)cc2)CCCN(C(=O)c2cccc(Cl)c2)C1. The lowest BCUT2D eigenvalue weighted by molar-refractivity contribution is -0.134. The lowest BCUT2D eigenvalue weighted by Gasteiger charge is -2.43. The van der Waals surface area contributed by atoms with Gasteiger partial charge in [-0.25, -0.2) is 0 Å². The minimum absolute atomic E-state index is 0.0237. The Morgan fingerprint density at radius 2 is 1.72 bits per heavy atom. The van der Waals surface area contributed by atoms with Crippen molar-refractivity contribution in [2.75, 3.05) is 26.7 Å². The summed E-state index contributed by atoms with van der Waals surface area (Å²) in [7, 11) is 1.82. The van der Waals surface area contributed by atoms with Crippen molar-refractivity contribution in [1.82, 2.24) is 9.80 Å². The summed E-state index contributed by atoms with van der Waals surface area (Å²) in [6.07, 6.45) is 1.85. The van der Waals surface area contributed by atoms with Crippen LogP contribution in [0, 0.1) is 5.41 Å². The van der Waals surface area contributed by atoms with E-state index in [2.05, 4.69) is 0 Å². The van der Waals surface area contributed by atoms with E-state index in [0.717, 1.165) is 18.4 Å². The van der Waals surface area contributed by atoms with Crippen molar-refractivity contribution < 1.29 is 14.3 Å². The number of amides is 2. The van der Waals surface area contributed by atoms with E-state index in [4.69, 9.17) is 27.9 Å². The van der Waals surface area contributed by atoms with Crippen molar-refractivity contribution in [2.45, 2.75) is 25.8 Å². The molecule has 5 nitrogen and oxygen atoms in total. The molecule has 0 aliphatic carbocycles. The molecular weight excluding hydrogens is 495 g/mol. The van der Waals surface area contributed by atoms with Crippen LogP contribution in [0.1, 0.15) is 35.2 Å². The number of nitrogens with zero attached hydrogens (tertiary/aromatic N) is 2. The second kappa shape index (κ2) is 11.8. The summed E-state index contributed by atoms with van der Waals surface area (Å²) < 4.78 is 6.17. The molecule has 3 aromatic carbocycles. The van der Waals surface area contributed by atoms with Gasteiger partial charge in [0.2, 0.25) is 5.91 Å². The molecule has 1 saturated heterocycles. The third-order valence-electron chi connectivity index (χ3n) is 6.59. The van der Waals surface area contributed by atoms with Gasteiger partial charge in [0.15, 0.2) is 0 Å². The first kappa shape index (κ1) is 26.1. The molecule has 1 aliphatic rings. The standard InChI is InChI=1S/C29H30Cl2N2O3/c1-32(19-22-7-3-2-4-8-22)27(34)18-29(21-36-26-13-11-24(30)12-14-26)15-6-16-33(20-29)28(35)23-9-5-10-25(31)17-23/h2-5,7-14,17H,6,15-16,18-21H2,1H3/t29-/m0/s1. The Kier molecular flexibility index (Phi) is 8.55. The Bertz CT molecular complexity index is 1190. The second-order valence-electron chi connectivity index (χ2n) is 9.50. The first-order valence-electron chi connectivity index (χ1n) is 12.0. The molecule has 36 heavy (non-hydrogen) atoms. The van der Waals surface area contributed by atoms with Crippen LogP contribution in [-0.4, -0.2) is 48.4 Å². The van der Waals surface area contributed by atoms with E-state index in [1.807, 2.05) is 54.4 Å². The van der Waals surface area contributed by atoms with Crippen molar-refractivity contribution in [3.63, 3.8) is 0 Å². The molecule has 0 N–H and O–H groups in total. The molecule has 4 rings (SSSR count). The van der Waals surface area contributed by atoms with Crippen LogP contribution in [-0.2, 0) is 11.3 Å². The van der Waals surface area contributed by atoms with E-state index in [1.54, 1.807) is 41.3 Å². The van der Waals surface area contributed by atoms with Crippen LogP contribution in [0.4, 0.5) is 0 Å². The van der Waals surface area contributed by atoms with Gasteiger partial charge in [-0.3, -0.25) is 9.59 Å². The summed E-state index contributed by atoms with van der Waals surface area (Å²) in [6.45, 7) is 1.90. The quantitative estimate of drug-likeness (QED) is 0.345. The highest BCUT2D eigenvalue weighted by atomic mass is 35.5. The summed E-state index contributed by atoms with van der Waals surface area (Å²) in [6, 6.07) is 24.1. The fraction of sp³-hybridized carbons (Fsp3) is 0.310. The molecule has 0 spiro atoms. The highest BCUT2D eigenvalue weighted by Gasteiger charge is 2.40. The number of rotatable bonds is 8. The van der Waals surface area contributed by atoms with E-state index in [9.17, 15) is 9.59 Å². The summed E-state index contributed by atoms with van der Waals surface area (Å²) in [5.41, 5.74) is 1.10. The third-order valence-corrected chi connectivity index (χ3v) is 7.08. The zero-order valence-electron chi connectivity index (χ0n) is 20.3. The molecule has 2 amide bonds. The summed E-state index contributed by atoms with van der Waals surface area (Å²) in [5, 5.41) is 1.15. The Morgan fingerprint density at radius 1 is 0.972 bits per heavy atom. The highest BCUT2D eigenvalue weighted by Crippen LogP contribution is 2.36. The number of benzene rings is 3. The molecular formula is C29H30Cl2N2O3. The lowest BCUT2D eigenvalue weighted by atomic mass is 9.77. The Labute approximate surface area is 222 Å². The van der Waals surface area contributed by atoms with Gasteiger partial charge in [0.05, 0.1) is 6.61 Å². The van der Waals surface area contributed by atoms with Crippen molar-refractivity contribution in [1.29, 1.82) is 0 Å². The van der Waals surface area contributed by atoms with Crippen LogP contribution in [0.2, 0.25) is 10.0 Å². The number of hydrogen-bond acceptors (Lipinski definition) is 3. The molecule has 7 heteroatoms. The summed E-state index contributed by atoms with van der Waals surface area (Å²) in [5.74, 6) is 0.621. The molecule has 0 aromatic heterocycles. The molecule has 0 unspecified atom stereocenters. The molecule has 188 valence electrons. The van der Waals surface area contributed by atoms with Crippen LogP contribution in [0.25, 0.3) is 0 Å². The number of piperidine rings is 1. The number of ether oxygens (including phenoxy) is 1. The third kappa shape index (κ3) is 6.80. The van der Waals surface area contributed by atoms with E-state index in [1.165, 1.54) is 0 Å². The lowest BCUT2D eigenvalue weighted by Crippen LogP contribution is -2.50. The Balaban J connectivity index is 1.53. The Morgan fingerprint density at radius 3 is 2.44 bits per heavy atom. The molecule has 0 radical (unpaired) electrons.